The topological polar surface area (TPSA) is 73.3 Å². The van der Waals surface area contributed by atoms with Gasteiger partial charge in [0.25, 0.3) is 0 Å². The van der Waals surface area contributed by atoms with Crippen molar-refractivity contribution in [1.29, 1.82) is 0 Å². The molecular weight excluding hydrogens is 483 g/mol. The zero-order valence-corrected chi connectivity index (χ0v) is 19.8. The first-order valence-corrected chi connectivity index (χ1v) is 10.4. The first-order chi connectivity index (χ1) is 13.7. The number of anilines is 1. The molecule has 0 unspecified atom stereocenters. The third-order valence-corrected chi connectivity index (χ3v) is 5.09. The minimum absolute atomic E-state index is 0. The summed E-state index contributed by atoms with van der Waals surface area (Å²) in [6.45, 7) is 10.7. The number of hydrogen-bond acceptors (Lipinski definition) is 5. The minimum Gasteiger partial charge on any atom is -0.450 e. The Hall–Kier alpha value is -1.78. The molecule has 2 aliphatic rings. The number of aliphatic imine (C=N–C) groups is 1. The predicted molar refractivity (Wildman–Crippen MR) is 126 cm³/mol. The van der Waals surface area contributed by atoms with Crippen molar-refractivity contribution in [2.45, 2.75) is 33.2 Å². The SMILES string of the molecule is CCNC(=NCc1ccnc(N2CCCC2)c1)N1CCN(C(=O)OCC)CC1.I. The lowest BCUT2D eigenvalue weighted by molar-refractivity contribution is 0.0914. The number of ether oxygens (including phenoxy) is 1. The van der Waals surface area contributed by atoms with Crippen LogP contribution in [0.2, 0.25) is 0 Å². The zero-order valence-electron chi connectivity index (χ0n) is 17.5. The molecule has 1 aromatic heterocycles. The molecule has 2 aliphatic heterocycles. The standard InChI is InChI=1S/C20H32N6O2.HI/c1-3-21-19(25-11-13-26(14-12-25)20(27)28-4-2)23-16-17-7-8-22-18(15-17)24-9-5-6-10-24;/h7-8,15H,3-6,9-14,16H2,1-2H3,(H,21,23);1H. The van der Waals surface area contributed by atoms with E-state index >= 15 is 0 Å². The van der Waals surface area contributed by atoms with E-state index in [2.05, 4.69) is 33.1 Å². The first-order valence-electron chi connectivity index (χ1n) is 10.4. The van der Waals surface area contributed by atoms with Crippen LogP contribution in [0.5, 0.6) is 0 Å². The van der Waals surface area contributed by atoms with Gasteiger partial charge in [-0.2, -0.15) is 0 Å². The second-order valence-electron chi connectivity index (χ2n) is 7.06. The first kappa shape index (κ1) is 23.5. The van der Waals surface area contributed by atoms with Gasteiger partial charge in [-0.05, 0) is 44.4 Å². The highest BCUT2D eigenvalue weighted by atomic mass is 127. The van der Waals surface area contributed by atoms with Crippen molar-refractivity contribution in [3.05, 3.63) is 23.9 Å². The zero-order chi connectivity index (χ0) is 19.8. The highest BCUT2D eigenvalue weighted by molar-refractivity contribution is 14.0. The van der Waals surface area contributed by atoms with Crippen molar-refractivity contribution in [3.63, 3.8) is 0 Å². The maximum absolute atomic E-state index is 11.9. The summed E-state index contributed by atoms with van der Waals surface area (Å²) < 4.78 is 5.10. The second kappa shape index (κ2) is 12.0. The van der Waals surface area contributed by atoms with Gasteiger partial charge < -0.3 is 24.8 Å². The van der Waals surface area contributed by atoms with E-state index in [0.717, 1.165) is 50.1 Å². The fourth-order valence-corrected chi connectivity index (χ4v) is 3.59. The number of guanidine groups is 1. The number of rotatable bonds is 5. The molecule has 0 aromatic carbocycles. The van der Waals surface area contributed by atoms with Crippen LogP contribution in [0.1, 0.15) is 32.3 Å². The van der Waals surface area contributed by atoms with Gasteiger partial charge in [-0.15, -0.1) is 24.0 Å². The molecule has 0 radical (unpaired) electrons. The molecule has 0 spiro atoms. The Kier molecular flexibility index (Phi) is 9.75. The number of hydrogen-bond donors (Lipinski definition) is 1. The van der Waals surface area contributed by atoms with Crippen molar-refractivity contribution in [3.8, 4) is 0 Å². The molecule has 0 atom stereocenters. The second-order valence-corrected chi connectivity index (χ2v) is 7.06. The lowest BCUT2D eigenvalue weighted by atomic mass is 10.2. The molecular formula is C20H33IN6O2. The van der Waals surface area contributed by atoms with Crippen LogP contribution in [0.3, 0.4) is 0 Å². The Morgan fingerprint density at radius 1 is 1.14 bits per heavy atom. The Morgan fingerprint density at radius 3 is 2.48 bits per heavy atom. The quantitative estimate of drug-likeness (QED) is 0.369. The predicted octanol–water partition coefficient (Wildman–Crippen LogP) is 2.54. The molecule has 3 heterocycles. The molecule has 8 nitrogen and oxygen atoms in total. The molecule has 0 aliphatic carbocycles. The van der Waals surface area contributed by atoms with E-state index in [1.807, 2.05) is 19.2 Å². The Morgan fingerprint density at radius 2 is 1.83 bits per heavy atom. The van der Waals surface area contributed by atoms with Gasteiger partial charge in [-0.1, -0.05) is 0 Å². The normalized spacial score (nSPS) is 17.2. The van der Waals surface area contributed by atoms with Crippen molar-refractivity contribution in [1.82, 2.24) is 20.1 Å². The van der Waals surface area contributed by atoms with Gasteiger partial charge >= 0.3 is 6.09 Å². The average molecular weight is 516 g/mol. The Bertz CT molecular complexity index is 673. The van der Waals surface area contributed by atoms with Crippen molar-refractivity contribution >= 4 is 41.8 Å². The van der Waals surface area contributed by atoms with Crippen LogP contribution in [0, 0.1) is 0 Å². The van der Waals surface area contributed by atoms with E-state index in [0.29, 0.717) is 26.2 Å². The van der Waals surface area contributed by atoms with Crippen molar-refractivity contribution in [2.75, 3.05) is 57.3 Å². The Labute approximate surface area is 190 Å². The van der Waals surface area contributed by atoms with Crippen LogP contribution in [-0.2, 0) is 11.3 Å². The maximum Gasteiger partial charge on any atom is 0.409 e. The Balaban J connectivity index is 0.00000300. The van der Waals surface area contributed by atoms with Crippen LogP contribution in [-0.4, -0.2) is 79.3 Å². The van der Waals surface area contributed by atoms with Crippen LogP contribution in [0.15, 0.2) is 23.3 Å². The monoisotopic (exact) mass is 516 g/mol. The van der Waals surface area contributed by atoms with Crippen LogP contribution >= 0.6 is 24.0 Å². The van der Waals surface area contributed by atoms with Gasteiger partial charge in [-0.25, -0.2) is 14.8 Å². The third-order valence-electron chi connectivity index (χ3n) is 5.09. The van der Waals surface area contributed by atoms with Gasteiger partial charge in [0.2, 0.25) is 0 Å². The summed E-state index contributed by atoms with van der Waals surface area (Å²) in [5, 5.41) is 3.38. The lowest BCUT2D eigenvalue weighted by Gasteiger charge is -2.35. The largest absolute Gasteiger partial charge is 0.450 e. The van der Waals surface area contributed by atoms with Crippen molar-refractivity contribution < 1.29 is 9.53 Å². The van der Waals surface area contributed by atoms with Gasteiger partial charge in [0, 0.05) is 52.0 Å². The van der Waals surface area contributed by atoms with Crippen LogP contribution in [0.4, 0.5) is 10.6 Å². The van der Waals surface area contributed by atoms with Gasteiger partial charge in [-0.3, -0.25) is 0 Å². The van der Waals surface area contributed by atoms with Gasteiger partial charge in [0.05, 0.1) is 13.2 Å². The fourth-order valence-electron chi connectivity index (χ4n) is 3.59. The van der Waals surface area contributed by atoms with E-state index < -0.39 is 0 Å². The number of amides is 1. The maximum atomic E-state index is 11.9. The summed E-state index contributed by atoms with van der Waals surface area (Å²) in [5.41, 5.74) is 1.16. The molecule has 1 N–H and O–H groups in total. The molecule has 2 fully saturated rings. The van der Waals surface area contributed by atoms with Crippen LogP contribution < -0.4 is 10.2 Å². The molecule has 2 saturated heterocycles. The van der Waals surface area contributed by atoms with Gasteiger partial charge in [0.1, 0.15) is 5.82 Å². The van der Waals surface area contributed by atoms with Gasteiger partial charge in [0.15, 0.2) is 5.96 Å². The molecule has 0 saturated carbocycles. The lowest BCUT2D eigenvalue weighted by Crippen LogP contribution is -2.53. The number of halogens is 1. The van der Waals surface area contributed by atoms with Crippen LogP contribution in [0.25, 0.3) is 0 Å². The summed E-state index contributed by atoms with van der Waals surface area (Å²) in [5.74, 6) is 1.95. The summed E-state index contributed by atoms with van der Waals surface area (Å²) in [4.78, 5) is 27.5. The number of nitrogens with zero attached hydrogens (tertiary/aromatic N) is 5. The molecule has 0 bridgehead atoms. The van der Waals surface area contributed by atoms with E-state index in [9.17, 15) is 4.79 Å². The summed E-state index contributed by atoms with van der Waals surface area (Å²) >= 11 is 0. The van der Waals surface area contributed by atoms with E-state index in [4.69, 9.17) is 9.73 Å². The highest BCUT2D eigenvalue weighted by Gasteiger charge is 2.23. The summed E-state index contributed by atoms with van der Waals surface area (Å²) in [6, 6.07) is 4.18. The fraction of sp³-hybridized carbons (Fsp3) is 0.650. The number of carbonyl (C=O) groups is 1. The average Bonchev–Trinajstić information content (AvgIpc) is 3.27. The smallest absolute Gasteiger partial charge is 0.409 e. The number of carbonyl (C=O) groups excluding carboxylic acids is 1. The third kappa shape index (κ3) is 6.61. The number of piperazine rings is 1. The summed E-state index contributed by atoms with van der Waals surface area (Å²) in [6.07, 6.45) is 4.14. The number of aromatic nitrogens is 1. The molecule has 9 heteroatoms. The van der Waals surface area contributed by atoms with E-state index in [-0.39, 0.29) is 30.1 Å². The van der Waals surface area contributed by atoms with E-state index in [1.165, 1.54) is 12.8 Å². The van der Waals surface area contributed by atoms with E-state index in [1.54, 1.807) is 4.90 Å². The summed E-state index contributed by atoms with van der Waals surface area (Å²) in [7, 11) is 0. The molecule has 1 amide bonds. The number of pyridine rings is 1. The highest BCUT2D eigenvalue weighted by Crippen LogP contribution is 2.19. The van der Waals surface area contributed by atoms with Crippen molar-refractivity contribution in [2.24, 2.45) is 4.99 Å². The molecule has 3 rings (SSSR count). The molecule has 1 aromatic rings. The minimum atomic E-state index is -0.227. The molecule has 29 heavy (non-hydrogen) atoms. The number of nitrogens with one attached hydrogen (secondary N) is 1. The molecule has 162 valence electrons.